The Bertz CT molecular complexity index is 939. The normalized spacial score (nSPS) is 32.2. The maximum atomic E-state index is 11.7. The van der Waals surface area contributed by atoms with Crippen molar-refractivity contribution >= 4 is 12.6 Å². The molecule has 0 saturated heterocycles. The number of aliphatic hydroxyl groups is 2. The fraction of sp³-hybridized carbons (Fsp3) is 0.714. The first-order valence-corrected chi connectivity index (χ1v) is 12.8. The number of carbonyl (C=O) groups is 2. The smallest absolute Gasteiger partial charge is 0.157 e. The zero-order valence-electron chi connectivity index (χ0n) is 21.8. The van der Waals surface area contributed by atoms with Gasteiger partial charge >= 0.3 is 0 Å². The molecule has 1 unspecified atom stereocenters. The Hall–Kier alpha value is -2.12. The molecule has 0 radical (unpaired) electrons. The lowest BCUT2D eigenvalue weighted by atomic mass is 9.46. The van der Waals surface area contributed by atoms with Crippen LogP contribution in [0.1, 0.15) is 112 Å². The highest BCUT2D eigenvalue weighted by molar-refractivity contribution is 5.95. The van der Waals surface area contributed by atoms with Gasteiger partial charge in [0.25, 0.3) is 0 Å². The lowest BCUT2D eigenvalue weighted by Crippen LogP contribution is -2.57. The Morgan fingerprint density at radius 3 is 1.97 bits per heavy atom. The molecule has 0 aliphatic heterocycles. The van der Waals surface area contributed by atoms with E-state index in [0.717, 1.165) is 12.8 Å². The Morgan fingerprint density at radius 2 is 1.51 bits per heavy atom. The van der Waals surface area contributed by atoms with Crippen molar-refractivity contribution in [3.05, 3.63) is 16.7 Å². The summed E-state index contributed by atoms with van der Waals surface area (Å²) >= 11 is 0. The van der Waals surface area contributed by atoms with Gasteiger partial charge in [0.15, 0.2) is 12.6 Å². The van der Waals surface area contributed by atoms with Gasteiger partial charge in [0, 0.05) is 5.56 Å². The second kappa shape index (κ2) is 9.40. The van der Waals surface area contributed by atoms with Crippen LogP contribution in [0.15, 0.2) is 0 Å². The van der Waals surface area contributed by atoms with E-state index in [1.807, 2.05) is 34.6 Å². The van der Waals surface area contributed by atoms with Crippen molar-refractivity contribution in [3.63, 3.8) is 0 Å². The number of hydrogen-bond acceptors (Lipinski definition) is 7. The van der Waals surface area contributed by atoms with Gasteiger partial charge in [0.05, 0.1) is 22.3 Å². The number of carbonyl (C=O) groups excluding carboxylic acids is 2. The highest BCUT2D eigenvalue weighted by Crippen LogP contribution is 2.64. The van der Waals surface area contributed by atoms with Gasteiger partial charge in [-0.2, -0.15) is 0 Å². The van der Waals surface area contributed by atoms with Crippen LogP contribution < -0.4 is 0 Å². The van der Waals surface area contributed by atoms with Gasteiger partial charge in [-0.15, -0.1) is 0 Å². The third-order valence-electron chi connectivity index (χ3n) is 9.25. The first kappa shape index (κ1) is 27.5. The lowest BCUT2D eigenvalue weighted by molar-refractivity contribution is -0.171. The third kappa shape index (κ3) is 4.69. The topological polar surface area (TPSA) is 135 Å². The molecule has 35 heavy (non-hydrogen) atoms. The van der Waals surface area contributed by atoms with Crippen molar-refractivity contribution in [2.75, 3.05) is 0 Å². The molecule has 0 spiro atoms. The predicted molar refractivity (Wildman–Crippen MR) is 133 cm³/mol. The average Bonchev–Trinajstić information content (AvgIpc) is 2.72. The molecule has 196 valence electrons. The number of fused-ring (bicyclic) bond motifs is 1. The van der Waals surface area contributed by atoms with Crippen molar-refractivity contribution in [3.8, 4) is 17.2 Å². The molecular weight excluding hydrogens is 448 g/mol. The summed E-state index contributed by atoms with van der Waals surface area (Å²) in [6.07, 6.45) is 4.53. The van der Waals surface area contributed by atoms with Gasteiger partial charge in [-0.25, -0.2) is 0 Å². The molecule has 2 saturated carbocycles. The first-order chi connectivity index (χ1) is 16.1. The van der Waals surface area contributed by atoms with E-state index in [1.54, 1.807) is 0 Å². The van der Waals surface area contributed by atoms with Crippen LogP contribution in [-0.2, 0) is 0 Å². The molecule has 7 nitrogen and oxygen atoms in total. The van der Waals surface area contributed by atoms with E-state index in [0.29, 0.717) is 38.3 Å². The van der Waals surface area contributed by atoms with Crippen LogP contribution in [0.3, 0.4) is 0 Å². The van der Waals surface area contributed by atoms with E-state index in [1.165, 1.54) is 0 Å². The highest BCUT2D eigenvalue weighted by Gasteiger charge is 2.58. The SMILES string of the molecule is CC(C)C[C@H](c1c(O)c(C=O)c(O)c(C=O)c1O)[C@@H]1CC[C@@](C)(O)[C@@H]2CC(C(C)(C)O)CC[C@]21C. The minimum Gasteiger partial charge on any atom is -0.507 e. The summed E-state index contributed by atoms with van der Waals surface area (Å²) in [5, 5.41) is 54.7. The molecule has 2 fully saturated rings. The lowest BCUT2D eigenvalue weighted by Gasteiger charge is -2.60. The van der Waals surface area contributed by atoms with Gasteiger partial charge in [0.1, 0.15) is 17.2 Å². The number of phenolic OH excluding ortho intramolecular Hbond substituents is 3. The number of aromatic hydroxyl groups is 3. The maximum absolute atomic E-state index is 11.7. The van der Waals surface area contributed by atoms with Gasteiger partial charge < -0.3 is 25.5 Å². The van der Waals surface area contributed by atoms with Crippen LogP contribution in [0.4, 0.5) is 0 Å². The Morgan fingerprint density at radius 1 is 0.971 bits per heavy atom. The molecule has 6 atom stereocenters. The summed E-state index contributed by atoms with van der Waals surface area (Å²) < 4.78 is 0. The van der Waals surface area contributed by atoms with E-state index in [4.69, 9.17) is 0 Å². The molecule has 7 heteroatoms. The molecule has 2 aliphatic carbocycles. The highest BCUT2D eigenvalue weighted by atomic mass is 16.3. The minimum absolute atomic E-state index is 0.0353. The second-order valence-electron chi connectivity index (χ2n) is 12.4. The average molecular weight is 491 g/mol. The van der Waals surface area contributed by atoms with Crippen molar-refractivity contribution < 1.29 is 35.1 Å². The van der Waals surface area contributed by atoms with Gasteiger partial charge in [-0.3, -0.25) is 9.59 Å². The summed E-state index contributed by atoms with van der Waals surface area (Å²) in [5.74, 6) is -2.10. The van der Waals surface area contributed by atoms with Crippen molar-refractivity contribution in [2.45, 2.75) is 97.2 Å². The number of rotatable bonds is 7. The fourth-order valence-corrected chi connectivity index (χ4v) is 7.33. The van der Waals surface area contributed by atoms with Gasteiger partial charge in [-0.05, 0) is 94.3 Å². The van der Waals surface area contributed by atoms with Crippen LogP contribution in [0, 0.1) is 29.1 Å². The predicted octanol–water partition coefficient (Wildman–Crippen LogP) is 4.91. The zero-order chi connectivity index (χ0) is 26.5. The molecule has 0 bridgehead atoms. The van der Waals surface area contributed by atoms with E-state index >= 15 is 0 Å². The molecule has 1 aromatic carbocycles. The van der Waals surface area contributed by atoms with E-state index < -0.39 is 45.5 Å². The molecule has 1 aromatic rings. The summed E-state index contributed by atoms with van der Waals surface area (Å²) in [7, 11) is 0. The number of phenols is 3. The van der Waals surface area contributed by atoms with E-state index in [-0.39, 0.29) is 34.7 Å². The zero-order valence-corrected chi connectivity index (χ0v) is 21.8. The molecule has 3 rings (SSSR count). The summed E-state index contributed by atoms with van der Waals surface area (Å²) in [4.78, 5) is 23.5. The largest absolute Gasteiger partial charge is 0.507 e. The summed E-state index contributed by atoms with van der Waals surface area (Å²) in [5.41, 5.74) is -2.85. The van der Waals surface area contributed by atoms with Crippen LogP contribution in [0.5, 0.6) is 17.2 Å². The maximum Gasteiger partial charge on any atom is 0.157 e. The Labute approximate surface area is 208 Å². The van der Waals surface area contributed by atoms with Crippen molar-refractivity contribution in [1.29, 1.82) is 0 Å². The quantitative estimate of drug-likeness (QED) is 0.343. The standard InChI is InChI=1S/C28H42O7/c1-15(2)11-17(22-24(32)18(13-29)23(31)19(14-30)25(22)33)20-8-10-28(6,35)21-12-16(26(3,4)34)7-9-27(20,21)5/h13-17,20-21,31-35H,7-12H2,1-6H3/t16?,17-,20-,21+,27-,28+/m0/s1. The van der Waals surface area contributed by atoms with E-state index in [9.17, 15) is 35.1 Å². The molecular formula is C28H42O7. The summed E-state index contributed by atoms with van der Waals surface area (Å²) in [6.45, 7) is 11.7. The van der Waals surface area contributed by atoms with Crippen molar-refractivity contribution in [1.82, 2.24) is 0 Å². The third-order valence-corrected chi connectivity index (χ3v) is 9.25. The van der Waals surface area contributed by atoms with Crippen LogP contribution >= 0.6 is 0 Å². The number of benzene rings is 1. The van der Waals surface area contributed by atoms with Gasteiger partial charge in [-0.1, -0.05) is 20.8 Å². The molecule has 0 amide bonds. The Kier molecular flexibility index (Phi) is 7.37. The summed E-state index contributed by atoms with van der Waals surface area (Å²) in [6, 6.07) is 0. The molecule has 5 N–H and O–H groups in total. The number of hydrogen-bond donors (Lipinski definition) is 5. The molecule has 0 heterocycles. The second-order valence-corrected chi connectivity index (χ2v) is 12.4. The first-order valence-electron chi connectivity index (χ1n) is 12.8. The van der Waals surface area contributed by atoms with Crippen LogP contribution in [0.2, 0.25) is 0 Å². The van der Waals surface area contributed by atoms with E-state index in [2.05, 4.69) is 6.92 Å². The molecule has 2 aliphatic rings. The number of aldehydes is 2. The molecule has 0 aromatic heterocycles. The van der Waals surface area contributed by atoms with Crippen LogP contribution in [-0.4, -0.2) is 49.3 Å². The fourth-order valence-electron chi connectivity index (χ4n) is 7.33. The van der Waals surface area contributed by atoms with Crippen LogP contribution in [0.25, 0.3) is 0 Å². The Balaban J connectivity index is 2.20. The van der Waals surface area contributed by atoms with Crippen molar-refractivity contribution in [2.24, 2.45) is 29.1 Å². The van der Waals surface area contributed by atoms with Gasteiger partial charge in [0.2, 0.25) is 0 Å². The minimum atomic E-state index is -0.932. The monoisotopic (exact) mass is 490 g/mol.